The number of carbonyl (C=O) groups is 4. The highest BCUT2D eigenvalue weighted by Crippen LogP contribution is 2.61. The first-order chi connectivity index (χ1) is 16.8. The summed E-state index contributed by atoms with van der Waals surface area (Å²) in [5, 5.41) is 3.49. The van der Waals surface area contributed by atoms with Crippen LogP contribution in [0.15, 0.2) is 36.4 Å². The largest absolute Gasteiger partial charge is 0.462 e. The standard InChI is InChI=1S/C26H24ClN3O5/c1-3-35-24(33)14-6-8-16(9-7-14)30-22(31)19-18-5-4-10-29(18)26(20(19)23(30)32)17-12-15(27)11-13(2)21(17)28-25(26)34/h6-9,11-12,18-20H,3-5,10H2,1-2H3,(H,28,34)/t18-,19+,20+,26-/m0/s1. The van der Waals surface area contributed by atoms with Crippen LogP contribution in [0.2, 0.25) is 5.02 Å². The number of halogens is 1. The molecule has 4 atom stereocenters. The zero-order valence-corrected chi connectivity index (χ0v) is 20.1. The van der Waals surface area contributed by atoms with Gasteiger partial charge in [0.05, 0.1) is 29.7 Å². The number of hydrogen-bond acceptors (Lipinski definition) is 6. The van der Waals surface area contributed by atoms with Crippen molar-refractivity contribution in [3.05, 3.63) is 58.1 Å². The smallest absolute Gasteiger partial charge is 0.338 e. The SMILES string of the molecule is CCOC(=O)c1ccc(N2C(=O)[C@@H]3[C@@H]4CCCN4[C@]4(C(=O)Nc5c(C)cc(Cl)cc54)[C@H]3C2=O)cc1. The van der Waals surface area contributed by atoms with Crippen LogP contribution in [0, 0.1) is 18.8 Å². The van der Waals surface area contributed by atoms with E-state index in [0.717, 1.165) is 18.4 Å². The summed E-state index contributed by atoms with van der Waals surface area (Å²) in [6.45, 7) is 4.47. The zero-order valence-electron chi connectivity index (χ0n) is 19.3. The number of carbonyl (C=O) groups excluding carboxylic acids is 4. The van der Waals surface area contributed by atoms with Gasteiger partial charge in [-0.2, -0.15) is 0 Å². The van der Waals surface area contributed by atoms with Gasteiger partial charge in [-0.25, -0.2) is 9.69 Å². The molecule has 0 unspecified atom stereocenters. The normalized spacial score (nSPS) is 28.9. The third kappa shape index (κ3) is 2.78. The summed E-state index contributed by atoms with van der Waals surface area (Å²) < 4.78 is 5.02. The molecule has 1 spiro atoms. The maximum Gasteiger partial charge on any atom is 0.338 e. The minimum atomic E-state index is -1.27. The lowest BCUT2D eigenvalue weighted by molar-refractivity contribution is -0.135. The Hall–Kier alpha value is -3.23. The lowest BCUT2D eigenvalue weighted by Gasteiger charge is -2.36. The van der Waals surface area contributed by atoms with E-state index < -0.39 is 29.3 Å². The fourth-order valence-electron chi connectivity index (χ4n) is 6.65. The fraction of sp³-hybridized carbons (Fsp3) is 0.385. The van der Waals surface area contributed by atoms with E-state index in [1.54, 1.807) is 43.3 Å². The molecule has 180 valence electrons. The Morgan fingerprint density at radius 1 is 1.17 bits per heavy atom. The van der Waals surface area contributed by atoms with E-state index in [4.69, 9.17) is 16.3 Å². The second-order valence-corrected chi connectivity index (χ2v) is 9.99. The van der Waals surface area contributed by atoms with E-state index in [1.807, 2.05) is 6.92 Å². The van der Waals surface area contributed by atoms with Crippen LogP contribution in [-0.4, -0.2) is 47.8 Å². The van der Waals surface area contributed by atoms with E-state index in [1.165, 1.54) is 4.90 Å². The van der Waals surface area contributed by atoms with Gasteiger partial charge in [-0.1, -0.05) is 11.6 Å². The van der Waals surface area contributed by atoms with Crippen LogP contribution in [0.5, 0.6) is 0 Å². The van der Waals surface area contributed by atoms with Gasteiger partial charge < -0.3 is 10.1 Å². The van der Waals surface area contributed by atoms with Gasteiger partial charge in [-0.3, -0.25) is 19.3 Å². The van der Waals surface area contributed by atoms with Crippen molar-refractivity contribution >= 4 is 46.7 Å². The number of anilines is 2. The summed E-state index contributed by atoms with van der Waals surface area (Å²) in [7, 11) is 0. The minimum absolute atomic E-state index is 0.212. The summed E-state index contributed by atoms with van der Waals surface area (Å²) in [6.07, 6.45) is 1.58. The molecule has 3 amide bonds. The van der Waals surface area contributed by atoms with E-state index in [9.17, 15) is 19.2 Å². The Balaban J connectivity index is 1.46. The van der Waals surface area contributed by atoms with Gasteiger partial charge in [0.25, 0.3) is 0 Å². The number of ether oxygens (including phenoxy) is 1. The molecular weight excluding hydrogens is 470 g/mol. The molecule has 0 bridgehead atoms. The van der Waals surface area contributed by atoms with Crippen LogP contribution in [0.1, 0.15) is 41.3 Å². The molecule has 2 aromatic rings. The molecule has 0 saturated carbocycles. The van der Waals surface area contributed by atoms with Gasteiger partial charge in [-0.05, 0) is 75.2 Å². The quantitative estimate of drug-likeness (QED) is 0.521. The highest BCUT2D eigenvalue weighted by Gasteiger charge is 2.74. The molecule has 35 heavy (non-hydrogen) atoms. The summed E-state index contributed by atoms with van der Waals surface area (Å²) >= 11 is 6.42. The average Bonchev–Trinajstić information content (AvgIpc) is 3.53. The predicted octanol–water partition coefficient (Wildman–Crippen LogP) is 3.26. The highest BCUT2D eigenvalue weighted by atomic mass is 35.5. The number of aryl methyl sites for hydroxylation is 1. The second kappa shape index (κ2) is 7.63. The first kappa shape index (κ1) is 22.2. The lowest BCUT2D eigenvalue weighted by Crippen LogP contribution is -2.54. The highest BCUT2D eigenvalue weighted by molar-refractivity contribution is 6.31. The van der Waals surface area contributed by atoms with Crippen molar-refractivity contribution in [2.45, 2.75) is 38.3 Å². The molecule has 3 fully saturated rings. The molecule has 9 heteroatoms. The fourth-order valence-corrected chi connectivity index (χ4v) is 6.92. The maximum absolute atomic E-state index is 14.0. The summed E-state index contributed by atoms with van der Waals surface area (Å²) in [5.41, 5.74) is 1.60. The van der Waals surface area contributed by atoms with Crippen molar-refractivity contribution in [3.63, 3.8) is 0 Å². The van der Waals surface area contributed by atoms with Crippen LogP contribution in [-0.2, 0) is 24.7 Å². The van der Waals surface area contributed by atoms with Crippen molar-refractivity contribution in [3.8, 4) is 0 Å². The van der Waals surface area contributed by atoms with Crippen molar-refractivity contribution in [2.24, 2.45) is 11.8 Å². The van der Waals surface area contributed by atoms with Crippen molar-refractivity contribution in [1.29, 1.82) is 0 Å². The molecule has 8 nitrogen and oxygen atoms in total. The molecule has 1 N–H and O–H groups in total. The van der Waals surface area contributed by atoms with Crippen molar-refractivity contribution in [1.82, 2.24) is 4.90 Å². The van der Waals surface area contributed by atoms with Gasteiger partial charge in [0.15, 0.2) is 0 Å². The summed E-state index contributed by atoms with van der Waals surface area (Å²) in [4.78, 5) is 56.8. The summed E-state index contributed by atoms with van der Waals surface area (Å²) in [5.74, 6) is -2.95. The number of hydrogen-bond donors (Lipinski definition) is 1. The molecule has 3 saturated heterocycles. The van der Waals surface area contributed by atoms with Crippen LogP contribution in [0.3, 0.4) is 0 Å². The monoisotopic (exact) mass is 493 g/mol. The van der Waals surface area contributed by atoms with Crippen molar-refractivity contribution in [2.75, 3.05) is 23.4 Å². The number of benzene rings is 2. The molecule has 2 aromatic carbocycles. The molecular formula is C26H24ClN3O5. The third-order valence-corrected chi connectivity index (χ3v) is 8.12. The molecule has 4 aliphatic rings. The van der Waals surface area contributed by atoms with E-state index in [2.05, 4.69) is 10.2 Å². The maximum atomic E-state index is 14.0. The van der Waals surface area contributed by atoms with Gasteiger partial charge in [0.1, 0.15) is 5.54 Å². The van der Waals surface area contributed by atoms with Gasteiger partial charge in [-0.15, -0.1) is 0 Å². The number of amides is 3. The van der Waals surface area contributed by atoms with Gasteiger partial charge in [0.2, 0.25) is 17.7 Å². The summed E-state index contributed by atoms with van der Waals surface area (Å²) in [6, 6.07) is 9.57. The third-order valence-electron chi connectivity index (χ3n) is 7.90. The molecule has 0 aromatic heterocycles. The number of nitrogens with zero attached hydrogens (tertiary/aromatic N) is 2. The van der Waals surface area contributed by atoms with Crippen LogP contribution < -0.4 is 10.2 Å². The Kier molecular flexibility index (Phi) is 4.85. The molecule has 6 rings (SSSR count). The molecule has 0 radical (unpaired) electrons. The van der Waals surface area contributed by atoms with Crippen LogP contribution in [0.25, 0.3) is 0 Å². The molecule has 4 aliphatic heterocycles. The van der Waals surface area contributed by atoms with E-state index in [-0.39, 0.29) is 24.5 Å². The van der Waals surface area contributed by atoms with E-state index in [0.29, 0.717) is 34.1 Å². The van der Waals surface area contributed by atoms with Gasteiger partial charge in [0, 0.05) is 22.3 Å². The van der Waals surface area contributed by atoms with Crippen molar-refractivity contribution < 1.29 is 23.9 Å². The molecule has 0 aliphatic carbocycles. The first-order valence-electron chi connectivity index (χ1n) is 11.8. The van der Waals surface area contributed by atoms with Crippen LogP contribution >= 0.6 is 11.6 Å². The Labute approximate surface area is 207 Å². The van der Waals surface area contributed by atoms with Crippen LogP contribution in [0.4, 0.5) is 11.4 Å². The second-order valence-electron chi connectivity index (χ2n) is 9.55. The number of nitrogens with one attached hydrogen (secondary N) is 1. The first-order valence-corrected chi connectivity index (χ1v) is 12.2. The zero-order chi connectivity index (χ0) is 24.6. The minimum Gasteiger partial charge on any atom is -0.462 e. The number of imide groups is 1. The van der Waals surface area contributed by atoms with E-state index >= 15 is 0 Å². The Morgan fingerprint density at radius 2 is 1.91 bits per heavy atom. The average molecular weight is 494 g/mol. The lowest BCUT2D eigenvalue weighted by atomic mass is 9.75. The van der Waals surface area contributed by atoms with Gasteiger partial charge >= 0.3 is 5.97 Å². The Morgan fingerprint density at radius 3 is 2.63 bits per heavy atom. The Bertz CT molecular complexity index is 1310. The topological polar surface area (TPSA) is 96.0 Å². The number of fused-ring (bicyclic) bond motifs is 7. The molecule has 4 heterocycles. The predicted molar refractivity (Wildman–Crippen MR) is 128 cm³/mol. The number of rotatable bonds is 3. The number of esters is 1.